The molecule has 3 nitrogen and oxygen atoms in total. The molecule has 0 aromatic carbocycles. The number of hydrogen-bond acceptors (Lipinski definition) is 3. The lowest BCUT2D eigenvalue weighted by Crippen LogP contribution is -2.23. The van der Waals surface area contributed by atoms with Crippen molar-refractivity contribution in [3.05, 3.63) is 28.6 Å². The van der Waals surface area contributed by atoms with Gasteiger partial charge >= 0.3 is 0 Å². The predicted molar refractivity (Wildman–Crippen MR) is 62.0 cm³/mol. The number of halogens is 1. The van der Waals surface area contributed by atoms with Crippen LogP contribution >= 0.6 is 27.3 Å². The topological polar surface area (TPSA) is 46.2 Å². The second-order valence-corrected chi connectivity index (χ2v) is 6.99. The molecule has 0 saturated carbocycles. The van der Waals surface area contributed by atoms with Crippen molar-refractivity contribution in [3.63, 3.8) is 0 Å². The van der Waals surface area contributed by atoms with E-state index >= 15 is 0 Å². The van der Waals surface area contributed by atoms with Crippen LogP contribution in [0.4, 0.5) is 0 Å². The summed E-state index contributed by atoms with van der Waals surface area (Å²) in [6.45, 7) is 3.91. The Bertz CT molecular complexity index is 411. The van der Waals surface area contributed by atoms with Crippen molar-refractivity contribution in [1.29, 1.82) is 0 Å². The summed E-state index contributed by atoms with van der Waals surface area (Å²) in [4.78, 5) is 0. The molecule has 0 atom stereocenters. The van der Waals surface area contributed by atoms with Gasteiger partial charge in [0.05, 0.1) is 3.79 Å². The normalized spacial score (nSPS) is 11.5. The summed E-state index contributed by atoms with van der Waals surface area (Å²) in [5.74, 6) is 0. The minimum absolute atomic E-state index is 0.327. The molecule has 0 aliphatic heterocycles. The van der Waals surface area contributed by atoms with Crippen LogP contribution in [0.2, 0.25) is 0 Å². The fourth-order valence-corrected chi connectivity index (χ4v) is 3.91. The molecule has 0 aliphatic carbocycles. The molecule has 0 amide bonds. The summed E-state index contributed by atoms with van der Waals surface area (Å²) in [6, 6.07) is 3.29. The third-order valence-electron chi connectivity index (χ3n) is 1.45. The lowest BCUT2D eigenvalue weighted by molar-refractivity contribution is 0.584. The van der Waals surface area contributed by atoms with Crippen molar-refractivity contribution in [3.8, 4) is 0 Å². The van der Waals surface area contributed by atoms with Crippen LogP contribution in [0.5, 0.6) is 0 Å². The molecule has 14 heavy (non-hydrogen) atoms. The van der Waals surface area contributed by atoms with Gasteiger partial charge in [-0.1, -0.05) is 6.08 Å². The van der Waals surface area contributed by atoms with Crippen LogP contribution in [0, 0.1) is 0 Å². The van der Waals surface area contributed by atoms with Gasteiger partial charge in [0.1, 0.15) is 4.21 Å². The SMILES string of the molecule is C=CCCNS(=O)(=O)c1ccc(Br)s1. The third kappa shape index (κ3) is 3.20. The van der Waals surface area contributed by atoms with E-state index in [1.165, 1.54) is 11.3 Å². The Hall–Kier alpha value is -0.170. The van der Waals surface area contributed by atoms with Crippen LogP contribution in [0.3, 0.4) is 0 Å². The summed E-state index contributed by atoms with van der Waals surface area (Å²) in [5.41, 5.74) is 0. The number of hydrogen-bond donors (Lipinski definition) is 1. The van der Waals surface area contributed by atoms with Gasteiger partial charge in [-0.2, -0.15) is 0 Å². The molecular formula is C8H10BrNO2S2. The van der Waals surface area contributed by atoms with Crippen molar-refractivity contribution in [1.82, 2.24) is 4.72 Å². The minimum atomic E-state index is -3.32. The van der Waals surface area contributed by atoms with Crippen LogP contribution in [0.25, 0.3) is 0 Å². The van der Waals surface area contributed by atoms with Gasteiger partial charge in [0.15, 0.2) is 0 Å². The average molecular weight is 296 g/mol. The first-order valence-corrected chi connectivity index (χ1v) is 7.01. The molecule has 0 saturated heterocycles. The first-order chi connectivity index (χ1) is 6.56. The van der Waals surface area contributed by atoms with E-state index in [0.717, 1.165) is 3.79 Å². The van der Waals surface area contributed by atoms with E-state index in [-0.39, 0.29) is 0 Å². The summed E-state index contributed by atoms with van der Waals surface area (Å²) in [6.07, 6.45) is 2.30. The highest BCUT2D eigenvalue weighted by atomic mass is 79.9. The fraction of sp³-hybridized carbons (Fsp3) is 0.250. The molecule has 1 N–H and O–H groups in total. The van der Waals surface area contributed by atoms with Crippen molar-refractivity contribution >= 4 is 37.3 Å². The molecule has 0 fully saturated rings. The lowest BCUT2D eigenvalue weighted by Gasteiger charge is -2.01. The summed E-state index contributed by atoms with van der Waals surface area (Å²) in [5, 5.41) is 0. The minimum Gasteiger partial charge on any atom is -0.210 e. The molecule has 78 valence electrons. The van der Waals surface area contributed by atoms with Crippen LogP contribution in [0.15, 0.2) is 32.8 Å². The second kappa shape index (κ2) is 5.06. The van der Waals surface area contributed by atoms with Gasteiger partial charge in [0, 0.05) is 6.54 Å². The number of thiophene rings is 1. The maximum Gasteiger partial charge on any atom is 0.250 e. The third-order valence-corrected chi connectivity index (χ3v) is 5.03. The highest BCUT2D eigenvalue weighted by molar-refractivity contribution is 9.11. The Balaban J connectivity index is 2.71. The summed E-state index contributed by atoms with van der Waals surface area (Å²) >= 11 is 4.41. The molecule has 0 unspecified atom stereocenters. The van der Waals surface area contributed by atoms with Crippen molar-refractivity contribution in [2.24, 2.45) is 0 Å². The highest BCUT2D eigenvalue weighted by Gasteiger charge is 2.14. The van der Waals surface area contributed by atoms with Gasteiger partial charge < -0.3 is 0 Å². The predicted octanol–water partition coefficient (Wildman–Crippen LogP) is 2.37. The standard InChI is InChI=1S/C8H10BrNO2S2/c1-2-3-6-10-14(11,12)8-5-4-7(9)13-8/h2,4-5,10H,1,3,6H2. The lowest BCUT2D eigenvalue weighted by atomic mass is 10.4. The van der Waals surface area contributed by atoms with Crippen LogP contribution < -0.4 is 4.72 Å². The molecule has 1 aromatic rings. The second-order valence-electron chi connectivity index (χ2n) is 2.53. The van der Waals surface area contributed by atoms with E-state index in [1.54, 1.807) is 18.2 Å². The van der Waals surface area contributed by atoms with E-state index in [0.29, 0.717) is 17.2 Å². The molecule has 1 rings (SSSR count). The first kappa shape index (κ1) is 11.9. The maximum atomic E-state index is 11.6. The smallest absolute Gasteiger partial charge is 0.210 e. The summed E-state index contributed by atoms with van der Waals surface area (Å²) < 4.78 is 26.7. The Morgan fingerprint density at radius 1 is 1.57 bits per heavy atom. The Morgan fingerprint density at radius 3 is 2.79 bits per heavy atom. The van der Waals surface area contributed by atoms with E-state index in [4.69, 9.17) is 0 Å². The molecule has 0 aliphatic rings. The van der Waals surface area contributed by atoms with Crippen LogP contribution in [-0.2, 0) is 10.0 Å². The van der Waals surface area contributed by atoms with Gasteiger partial charge in [-0.25, -0.2) is 13.1 Å². The maximum absolute atomic E-state index is 11.6. The largest absolute Gasteiger partial charge is 0.250 e. The van der Waals surface area contributed by atoms with E-state index in [2.05, 4.69) is 27.2 Å². The molecule has 0 bridgehead atoms. The zero-order chi connectivity index (χ0) is 10.6. The molecule has 1 heterocycles. The van der Waals surface area contributed by atoms with Gasteiger partial charge in [-0.3, -0.25) is 0 Å². The van der Waals surface area contributed by atoms with Gasteiger partial charge in [-0.05, 0) is 34.5 Å². The quantitative estimate of drug-likeness (QED) is 0.670. The van der Waals surface area contributed by atoms with Gasteiger partial charge in [0.25, 0.3) is 0 Å². The van der Waals surface area contributed by atoms with E-state index in [9.17, 15) is 8.42 Å². The fourth-order valence-electron chi connectivity index (χ4n) is 0.809. The summed E-state index contributed by atoms with van der Waals surface area (Å²) in [7, 11) is -3.32. The Morgan fingerprint density at radius 2 is 2.29 bits per heavy atom. The Labute approximate surface area is 96.0 Å². The van der Waals surface area contributed by atoms with E-state index in [1.807, 2.05) is 0 Å². The molecule has 1 aromatic heterocycles. The molecule has 0 radical (unpaired) electrons. The van der Waals surface area contributed by atoms with Crippen molar-refractivity contribution < 1.29 is 8.42 Å². The zero-order valence-corrected chi connectivity index (χ0v) is 10.6. The average Bonchev–Trinajstić information content (AvgIpc) is 2.53. The molecule has 6 heteroatoms. The number of nitrogens with one attached hydrogen (secondary N) is 1. The van der Waals surface area contributed by atoms with Crippen LogP contribution in [0.1, 0.15) is 6.42 Å². The van der Waals surface area contributed by atoms with Crippen molar-refractivity contribution in [2.45, 2.75) is 10.6 Å². The zero-order valence-electron chi connectivity index (χ0n) is 7.36. The van der Waals surface area contributed by atoms with Crippen LogP contribution in [-0.4, -0.2) is 15.0 Å². The van der Waals surface area contributed by atoms with E-state index < -0.39 is 10.0 Å². The van der Waals surface area contributed by atoms with Crippen molar-refractivity contribution in [2.75, 3.05) is 6.54 Å². The number of rotatable bonds is 5. The monoisotopic (exact) mass is 295 g/mol. The van der Waals surface area contributed by atoms with Gasteiger partial charge in [-0.15, -0.1) is 17.9 Å². The number of sulfonamides is 1. The first-order valence-electron chi connectivity index (χ1n) is 3.92. The molecule has 0 spiro atoms. The Kier molecular flexibility index (Phi) is 4.31. The highest BCUT2D eigenvalue weighted by Crippen LogP contribution is 2.25. The van der Waals surface area contributed by atoms with Gasteiger partial charge in [0.2, 0.25) is 10.0 Å². The molecular weight excluding hydrogens is 286 g/mol.